The maximum atomic E-state index is 5.99. The summed E-state index contributed by atoms with van der Waals surface area (Å²) < 4.78 is 5.99. The molecular weight excluding hydrogens is 208 g/mol. The Morgan fingerprint density at radius 3 is 1.47 bits per heavy atom. The molecule has 0 saturated heterocycles. The van der Waals surface area contributed by atoms with Crippen molar-refractivity contribution in [1.82, 2.24) is 0 Å². The SMILES string of the molecule is C1CC1=C1CCC1COCC1CCC1=C1CC1. The van der Waals surface area contributed by atoms with Gasteiger partial charge in [-0.2, -0.15) is 0 Å². The Morgan fingerprint density at radius 2 is 1.18 bits per heavy atom. The van der Waals surface area contributed by atoms with E-state index in [1.54, 1.807) is 22.3 Å². The lowest BCUT2D eigenvalue weighted by Gasteiger charge is -2.33. The third-order valence-corrected chi connectivity index (χ3v) is 5.06. The molecule has 2 unspecified atom stereocenters. The zero-order valence-corrected chi connectivity index (χ0v) is 10.6. The molecule has 17 heavy (non-hydrogen) atoms. The number of allylic oxidation sites excluding steroid dienone is 2. The largest absolute Gasteiger partial charge is 0.380 e. The summed E-state index contributed by atoms with van der Waals surface area (Å²) in [6.07, 6.45) is 11.1. The Morgan fingerprint density at radius 1 is 0.706 bits per heavy atom. The molecule has 4 saturated carbocycles. The summed E-state index contributed by atoms with van der Waals surface area (Å²) in [5, 5.41) is 0. The molecule has 4 rings (SSSR count). The second-order valence-corrected chi connectivity index (χ2v) is 6.27. The summed E-state index contributed by atoms with van der Waals surface area (Å²) in [7, 11) is 0. The molecule has 0 N–H and O–H groups in total. The van der Waals surface area contributed by atoms with Gasteiger partial charge in [0.15, 0.2) is 0 Å². The predicted octanol–water partition coefficient (Wildman–Crippen LogP) is 4.00. The lowest BCUT2D eigenvalue weighted by molar-refractivity contribution is 0.0631. The summed E-state index contributed by atoms with van der Waals surface area (Å²) in [5.74, 6) is 1.62. The molecule has 4 aliphatic rings. The molecule has 0 aliphatic heterocycles. The van der Waals surface area contributed by atoms with Crippen molar-refractivity contribution in [3.05, 3.63) is 22.3 Å². The molecule has 0 radical (unpaired) electrons. The fourth-order valence-corrected chi connectivity index (χ4v) is 3.40. The second kappa shape index (κ2) is 3.98. The summed E-state index contributed by atoms with van der Waals surface area (Å²) in [4.78, 5) is 0. The highest BCUT2D eigenvalue weighted by molar-refractivity contribution is 5.32. The van der Waals surface area contributed by atoms with E-state index in [0.29, 0.717) is 0 Å². The first-order chi connectivity index (χ1) is 8.42. The number of rotatable bonds is 4. The minimum atomic E-state index is 0.810. The predicted molar refractivity (Wildman–Crippen MR) is 68.8 cm³/mol. The number of ether oxygens (including phenoxy) is 1. The minimum Gasteiger partial charge on any atom is -0.380 e. The van der Waals surface area contributed by atoms with E-state index in [9.17, 15) is 0 Å². The molecule has 1 heteroatoms. The number of hydrogen-bond donors (Lipinski definition) is 0. The molecule has 2 atom stereocenters. The van der Waals surface area contributed by atoms with Crippen LogP contribution in [0.2, 0.25) is 0 Å². The van der Waals surface area contributed by atoms with Gasteiger partial charge in [-0.05, 0) is 51.4 Å². The summed E-state index contributed by atoms with van der Waals surface area (Å²) >= 11 is 0. The normalized spacial score (nSPS) is 34.6. The van der Waals surface area contributed by atoms with Crippen LogP contribution in [0.25, 0.3) is 0 Å². The molecule has 0 aromatic rings. The highest BCUT2D eigenvalue weighted by Crippen LogP contribution is 2.46. The van der Waals surface area contributed by atoms with Crippen molar-refractivity contribution in [2.45, 2.75) is 51.4 Å². The van der Waals surface area contributed by atoms with Crippen molar-refractivity contribution in [2.75, 3.05) is 13.2 Å². The van der Waals surface area contributed by atoms with Gasteiger partial charge in [-0.25, -0.2) is 0 Å². The lowest BCUT2D eigenvalue weighted by Crippen LogP contribution is -2.26. The van der Waals surface area contributed by atoms with Crippen LogP contribution in [-0.4, -0.2) is 13.2 Å². The Hall–Kier alpha value is -0.560. The van der Waals surface area contributed by atoms with E-state index in [0.717, 1.165) is 25.0 Å². The van der Waals surface area contributed by atoms with Crippen molar-refractivity contribution >= 4 is 0 Å². The summed E-state index contributed by atoms with van der Waals surface area (Å²) in [6, 6.07) is 0. The third-order valence-electron chi connectivity index (χ3n) is 5.06. The van der Waals surface area contributed by atoms with Gasteiger partial charge in [-0.15, -0.1) is 0 Å². The molecular formula is C16H22O. The fourth-order valence-electron chi connectivity index (χ4n) is 3.40. The van der Waals surface area contributed by atoms with Crippen LogP contribution in [0.4, 0.5) is 0 Å². The van der Waals surface area contributed by atoms with E-state index in [1.807, 2.05) is 0 Å². The van der Waals surface area contributed by atoms with E-state index in [2.05, 4.69) is 0 Å². The third kappa shape index (κ3) is 1.99. The van der Waals surface area contributed by atoms with Crippen LogP contribution < -0.4 is 0 Å². The molecule has 0 amide bonds. The van der Waals surface area contributed by atoms with E-state index in [-0.39, 0.29) is 0 Å². The Balaban J connectivity index is 1.24. The average Bonchev–Trinajstić information content (AvgIpc) is 3.07. The van der Waals surface area contributed by atoms with Crippen LogP contribution in [-0.2, 0) is 4.74 Å². The van der Waals surface area contributed by atoms with Crippen LogP contribution >= 0.6 is 0 Å². The van der Waals surface area contributed by atoms with Crippen LogP contribution in [0.3, 0.4) is 0 Å². The van der Waals surface area contributed by atoms with Gasteiger partial charge in [0.05, 0.1) is 13.2 Å². The minimum absolute atomic E-state index is 0.810. The Kier molecular flexibility index (Phi) is 2.43. The van der Waals surface area contributed by atoms with Gasteiger partial charge in [0.1, 0.15) is 0 Å². The first-order valence-electron chi connectivity index (χ1n) is 7.41. The molecule has 1 nitrogen and oxygen atoms in total. The van der Waals surface area contributed by atoms with Gasteiger partial charge in [-0.1, -0.05) is 22.3 Å². The molecule has 4 aliphatic carbocycles. The van der Waals surface area contributed by atoms with Crippen LogP contribution in [0, 0.1) is 11.8 Å². The van der Waals surface area contributed by atoms with Crippen molar-refractivity contribution in [1.29, 1.82) is 0 Å². The Labute approximate surface area is 104 Å². The van der Waals surface area contributed by atoms with Crippen LogP contribution in [0.15, 0.2) is 22.3 Å². The lowest BCUT2D eigenvalue weighted by atomic mass is 9.78. The van der Waals surface area contributed by atoms with Gasteiger partial charge in [0, 0.05) is 11.8 Å². The second-order valence-electron chi connectivity index (χ2n) is 6.27. The molecule has 92 valence electrons. The van der Waals surface area contributed by atoms with E-state index in [1.165, 1.54) is 51.4 Å². The van der Waals surface area contributed by atoms with E-state index in [4.69, 9.17) is 4.74 Å². The first kappa shape index (κ1) is 10.4. The van der Waals surface area contributed by atoms with Gasteiger partial charge in [0.2, 0.25) is 0 Å². The molecule has 0 aromatic heterocycles. The molecule has 0 bridgehead atoms. The highest BCUT2D eigenvalue weighted by Gasteiger charge is 2.33. The van der Waals surface area contributed by atoms with Crippen molar-refractivity contribution in [3.8, 4) is 0 Å². The average molecular weight is 230 g/mol. The van der Waals surface area contributed by atoms with Gasteiger partial charge >= 0.3 is 0 Å². The standard InChI is InChI=1S/C16H22O/c1-2-11(1)15-7-5-13(15)9-17-10-14-6-8-16(14)12-3-4-12/h13-14H,1-10H2. The number of hydrogen-bond acceptors (Lipinski definition) is 1. The Bertz CT molecular complexity index is 352. The highest BCUT2D eigenvalue weighted by atomic mass is 16.5. The van der Waals surface area contributed by atoms with Crippen molar-refractivity contribution < 1.29 is 4.74 Å². The monoisotopic (exact) mass is 230 g/mol. The fraction of sp³-hybridized carbons (Fsp3) is 0.750. The van der Waals surface area contributed by atoms with Crippen molar-refractivity contribution in [2.24, 2.45) is 11.8 Å². The maximum Gasteiger partial charge on any atom is 0.0531 e. The molecule has 0 aromatic carbocycles. The van der Waals surface area contributed by atoms with Gasteiger partial charge < -0.3 is 4.74 Å². The zero-order chi connectivity index (χ0) is 11.2. The van der Waals surface area contributed by atoms with Crippen LogP contribution in [0.1, 0.15) is 51.4 Å². The summed E-state index contributed by atoms with van der Waals surface area (Å²) in [5.41, 5.74) is 7.10. The van der Waals surface area contributed by atoms with Crippen LogP contribution in [0.5, 0.6) is 0 Å². The van der Waals surface area contributed by atoms with Gasteiger partial charge in [0.25, 0.3) is 0 Å². The summed E-state index contributed by atoms with van der Waals surface area (Å²) in [6.45, 7) is 2.02. The molecule has 4 fully saturated rings. The van der Waals surface area contributed by atoms with E-state index < -0.39 is 0 Å². The zero-order valence-electron chi connectivity index (χ0n) is 10.6. The topological polar surface area (TPSA) is 9.23 Å². The quantitative estimate of drug-likeness (QED) is 0.663. The maximum absolute atomic E-state index is 5.99. The van der Waals surface area contributed by atoms with E-state index >= 15 is 0 Å². The molecule has 0 heterocycles. The first-order valence-corrected chi connectivity index (χ1v) is 7.41. The smallest absolute Gasteiger partial charge is 0.0531 e. The van der Waals surface area contributed by atoms with Gasteiger partial charge in [-0.3, -0.25) is 0 Å². The van der Waals surface area contributed by atoms with Crippen molar-refractivity contribution in [3.63, 3.8) is 0 Å². The molecule has 0 spiro atoms.